The van der Waals surface area contributed by atoms with Gasteiger partial charge in [0.2, 0.25) is 0 Å². The lowest BCUT2D eigenvalue weighted by molar-refractivity contribution is -0.112. The Labute approximate surface area is 139 Å². The third-order valence-electron chi connectivity index (χ3n) is 3.19. The number of hydrogen-bond acceptors (Lipinski definition) is 5. The molecule has 0 radical (unpaired) electrons. The number of carbonyl (C=O) groups is 2. The molecule has 0 atom stereocenters. The van der Waals surface area contributed by atoms with E-state index in [1.165, 1.54) is 25.3 Å². The maximum atomic E-state index is 12.1. The third kappa shape index (κ3) is 4.21. The second-order valence-electron chi connectivity index (χ2n) is 4.92. The molecule has 0 saturated heterocycles. The third-order valence-corrected chi connectivity index (χ3v) is 3.19. The van der Waals surface area contributed by atoms with Gasteiger partial charge in [-0.15, -0.1) is 0 Å². The number of Topliss-reactive ketones (excluding diaryl/α,β-unsaturated/α-hetero) is 1. The Morgan fingerprint density at radius 3 is 2.38 bits per heavy atom. The summed E-state index contributed by atoms with van der Waals surface area (Å²) in [6.45, 7) is 1.47. The summed E-state index contributed by atoms with van der Waals surface area (Å²) in [7, 11) is 0. The summed E-state index contributed by atoms with van der Waals surface area (Å²) in [5.41, 5.74) is 1.26. The van der Waals surface area contributed by atoms with Crippen LogP contribution in [0.4, 0.5) is 11.4 Å². The van der Waals surface area contributed by atoms with Crippen LogP contribution in [0.2, 0.25) is 0 Å². The van der Waals surface area contributed by atoms with Crippen molar-refractivity contribution in [1.29, 1.82) is 5.26 Å². The zero-order valence-corrected chi connectivity index (χ0v) is 12.9. The molecule has 0 aliphatic carbocycles. The molecule has 120 valence electrons. The van der Waals surface area contributed by atoms with E-state index < -0.39 is 5.91 Å². The molecule has 2 aromatic rings. The van der Waals surface area contributed by atoms with Crippen LogP contribution in [0.1, 0.15) is 17.3 Å². The number of carbonyl (C=O) groups excluding carboxylic acids is 2. The molecule has 2 rings (SSSR count). The van der Waals surface area contributed by atoms with Crippen LogP contribution >= 0.6 is 0 Å². The molecule has 1 amide bonds. The van der Waals surface area contributed by atoms with Crippen molar-refractivity contribution in [1.82, 2.24) is 0 Å². The average Bonchev–Trinajstić information content (AvgIpc) is 2.58. The highest BCUT2D eigenvalue weighted by Gasteiger charge is 2.11. The first-order chi connectivity index (χ1) is 11.5. The zero-order chi connectivity index (χ0) is 17.5. The van der Waals surface area contributed by atoms with Crippen LogP contribution in [0.25, 0.3) is 0 Å². The van der Waals surface area contributed by atoms with E-state index in [4.69, 9.17) is 5.26 Å². The van der Waals surface area contributed by atoms with Gasteiger partial charge in [-0.3, -0.25) is 9.59 Å². The van der Waals surface area contributed by atoms with Gasteiger partial charge in [-0.2, -0.15) is 5.26 Å². The van der Waals surface area contributed by atoms with E-state index in [0.717, 1.165) is 0 Å². The van der Waals surface area contributed by atoms with Gasteiger partial charge in [0, 0.05) is 17.5 Å². The molecule has 6 nitrogen and oxygen atoms in total. The van der Waals surface area contributed by atoms with Crippen LogP contribution in [-0.4, -0.2) is 16.8 Å². The number of rotatable bonds is 5. The van der Waals surface area contributed by atoms with Gasteiger partial charge in [-0.05, 0) is 43.3 Å². The summed E-state index contributed by atoms with van der Waals surface area (Å²) in [6, 6.07) is 14.7. The smallest absolute Gasteiger partial charge is 0.267 e. The van der Waals surface area contributed by atoms with Crippen molar-refractivity contribution in [2.24, 2.45) is 0 Å². The van der Waals surface area contributed by atoms with Gasteiger partial charge in [-0.25, -0.2) is 0 Å². The molecule has 0 aromatic heterocycles. The van der Waals surface area contributed by atoms with Crippen molar-refractivity contribution in [3.8, 4) is 11.8 Å². The largest absolute Gasteiger partial charge is 0.506 e. The quantitative estimate of drug-likeness (QED) is 0.340. The number of ketones is 1. The fraction of sp³-hybridized carbons (Fsp3) is 0.0556. The van der Waals surface area contributed by atoms with Crippen molar-refractivity contribution < 1.29 is 14.7 Å². The molecular formula is C18H15N3O3. The number of phenols is 1. The van der Waals surface area contributed by atoms with E-state index in [2.05, 4.69) is 10.6 Å². The Kier molecular flexibility index (Phi) is 5.32. The Hall–Kier alpha value is -3.59. The first kappa shape index (κ1) is 16.8. The molecule has 0 aliphatic rings. The molecule has 0 spiro atoms. The van der Waals surface area contributed by atoms with Gasteiger partial charge < -0.3 is 15.7 Å². The number of nitriles is 1. The summed E-state index contributed by atoms with van der Waals surface area (Å²) >= 11 is 0. The van der Waals surface area contributed by atoms with Gasteiger partial charge in [0.25, 0.3) is 5.91 Å². The summed E-state index contributed by atoms with van der Waals surface area (Å²) in [4.78, 5) is 23.3. The van der Waals surface area contributed by atoms with E-state index in [0.29, 0.717) is 11.3 Å². The lowest BCUT2D eigenvalue weighted by atomic mass is 10.1. The summed E-state index contributed by atoms with van der Waals surface area (Å²) in [6.07, 6.45) is 1.26. The van der Waals surface area contributed by atoms with Crippen molar-refractivity contribution in [3.05, 3.63) is 65.9 Å². The minimum atomic E-state index is -0.646. The maximum absolute atomic E-state index is 12.1. The van der Waals surface area contributed by atoms with Gasteiger partial charge in [0.1, 0.15) is 17.4 Å². The molecule has 6 heteroatoms. The monoisotopic (exact) mass is 321 g/mol. The Morgan fingerprint density at radius 2 is 1.79 bits per heavy atom. The fourth-order valence-corrected chi connectivity index (χ4v) is 1.87. The van der Waals surface area contributed by atoms with Crippen molar-refractivity contribution >= 4 is 23.1 Å². The average molecular weight is 321 g/mol. The molecule has 0 heterocycles. The lowest BCUT2D eigenvalue weighted by Crippen LogP contribution is -2.14. The van der Waals surface area contributed by atoms with E-state index in [-0.39, 0.29) is 22.8 Å². The SMILES string of the molecule is CC(=O)c1ccc(N/C=C(/C#N)C(=O)Nc2ccccc2O)cc1. The highest BCUT2D eigenvalue weighted by molar-refractivity contribution is 6.07. The van der Waals surface area contributed by atoms with Crippen molar-refractivity contribution in [3.63, 3.8) is 0 Å². The fourth-order valence-electron chi connectivity index (χ4n) is 1.87. The van der Waals surface area contributed by atoms with E-state index >= 15 is 0 Å². The van der Waals surface area contributed by atoms with Crippen LogP contribution in [0, 0.1) is 11.3 Å². The molecule has 0 saturated carbocycles. The predicted octanol–water partition coefficient (Wildman–Crippen LogP) is 3.05. The van der Waals surface area contributed by atoms with Crippen LogP contribution in [0.5, 0.6) is 5.75 Å². The predicted molar refractivity (Wildman–Crippen MR) is 90.5 cm³/mol. The molecule has 24 heavy (non-hydrogen) atoms. The standard InChI is InChI=1S/C18H15N3O3/c1-12(22)13-6-8-15(9-7-13)20-11-14(10-19)18(24)21-16-4-2-3-5-17(16)23/h2-9,11,20,23H,1H3,(H,21,24)/b14-11-. The van der Waals surface area contributed by atoms with E-state index in [1.54, 1.807) is 42.5 Å². The molecule has 3 N–H and O–H groups in total. The molecule has 0 bridgehead atoms. The number of benzene rings is 2. The second-order valence-corrected chi connectivity index (χ2v) is 4.92. The maximum Gasteiger partial charge on any atom is 0.267 e. The van der Waals surface area contributed by atoms with Gasteiger partial charge >= 0.3 is 0 Å². The minimum Gasteiger partial charge on any atom is -0.506 e. The Morgan fingerprint density at radius 1 is 1.12 bits per heavy atom. The number of nitrogens with one attached hydrogen (secondary N) is 2. The van der Waals surface area contributed by atoms with Gasteiger partial charge in [0.05, 0.1) is 5.69 Å². The molecule has 0 aliphatic heterocycles. The normalized spacial score (nSPS) is 10.6. The number of nitrogens with zero attached hydrogens (tertiary/aromatic N) is 1. The first-order valence-electron chi connectivity index (χ1n) is 7.08. The molecule has 0 unspecified atom stereocenters. The van der Waals surface area contributed by atoms with Gasteiger partial charge in [0.15, 0.2) is 5.78 Å². The Bertz CT molecular complexity index is 833. The summed E-state index contributed by atoms with van der Waals surface area (Å²) < 4.78 is 0. The van der Waals surface area contributed by atoms with Crippen LogP contribution in [-0.2, 0) is 4.79 Å². The number of aromatic hydroxyl groups is 1. The number of hydrogen-bond donors (Lipinski definition) is 3. The van der Waals surface area contributed by atoms with Crippen LogP contribution < -0.4 is 10.6 Å². The second kappa shape index (κ2) is 7.61. The van der Waals surface area contributed by atoms with Crippen LogP contribution in [0.3, 0.4) is 0 Å². The number of phenolic OH excluding ortho intramolecular Hbond substituents is 1. The topological polar surface area (TPSA) is 102 Å². The van der Waals surface area contributed by atoms with Crippen LogP contribution in [0.15, 0.2) is 60.3 Å². The van der Waals surface area contributed by atoms with Crippen molar-refractivity contribution in [2.75, 3.05) is 10.6 Å². The Balaban J connectivity index is 2.08. The molecule has 0 fully saturated rings. The van der Waals surface area contributed by atoms with E-state index in [1.807, 2.05) is 0 Å². The minimum absolute atomic E-state index is 0.0446. The number of anilines is 2. The van der Waals surface area contributed by atoms with Gasteiger partial charge in [-0.1, -0.05) is 12.1 Å². The summed E-state index contributed by atoms with van der Waals surface area (Å²) in [5.74, 6) is -0.778. The number of amides is 1. The summed E-state index contributed by atoms with van der Waals surface area (Å²) in [5, 5.41) is 24.0. The molecular weight excluding hydrogens is 306 g/mol. The van der Waals surface area contributed by atoms with Crippen molar-refractivity contribution in [2.45, 2.75) is 6.92 Å². The van der Waals surface area contributed by atoms with E-state index in [9.17, 15) is 14.7 Å². The zero-order valence-electron chi connectivity index (χ0n) is 12.9. The highest BCUT2D eigenvalue weighted by atomic mass is 16.3. The first-order valence-corrected chi connectivity index (χ1v) is 7.08. The lowest BCUT2D eigenvalue weighted by Gasteiger charge is -2.07. The molecule has 2 aromatic carbocycles. The number of para-hydroxylation sites is 2. The highest BCUT2D eigenvalue weighted by Crippen LogP contribution is 2.22.